The number of rotatable bonds is 2. The average Bonchev–Trinajstić information content (AvgIpc) is 2.61. The van der Waals surface area contributed by atoms with Gasteiger partial charge in [-0.25, -0.2) is 19.6 Å². The van der Waals surface area contributed by atoms with Crippen molar-refractivity contribution in [3.63, 3.8) is 0 Å². The zero-order chi connectivity index (χ0) is 19.0. The zero-order valence-electron chi connectivity index (χ0n) is 15.9. The molecule has 0 unspecified atom stereocenters. The normalized spacial score (nSPS) is 14.3. The van der Waals surface area contributed by atoms with Gasteiger partial charge in [0, 0.05) is 26.2 Å². The van der Waals surface area contributed by atoms with E-state index >= 15 is 0 Å². The Hall–Kier alpha value is -2.38. The highest BCUT2D eigenvalue weighted by molar-refractivity contribution is 5.86. The number of nitrogens with zero attached hydrogens (tertiary/aromatic N) is 4. The number of aromatic nitrogens is 2. The van der Waals surface area contributed by atoms with Crippen LogP contribution in [0.25, 0.3) is 0 Å². The first-order valence-electron chi connectivity index (χ1n) is 8.43. The minimum Gasteiger partial charge on any atom is -0.464 e. The minimum absolute atomic E-state index is 0.170. The molecule has 8 nitrogen and oxygen atoms in total. The van der Waals surface area contributed by atoms with E-state index in [1.807, 2.05) is 39.5 Å². The highest BCUT2D eigenvalue weighted by Crippen LogP contribution is 2.15. The highest BCUT2D eigenvalue weighted by atomic mass is 16.6. The molecule has 1 fully saturated rings. The van der Waals surface area contributed by atoms with E-state index < -0.39 is 11.6 Å². The molecular weight excluding hydrogens is 324 g/mol. The molecule has 1 aliphatic heterocycles. The van der Waals surface area contributed by atoms with Gasteiger partial charge in [-0.15, -0.1) is 0 Å². The van der Waals surface area contributed by atoms with E-state index in [9.17, 15) is 9.59 Å². The van der Waals surface area contributed by atoms with Gasteiger partial charge in [0.1, 0.15) is 11.4 Å². The first-order chi connectivity index (χ1) is 11.8. The first-order valence-corrected chi connectivity index (χ1v) is 8.43. The number of carbonyl (C=O) groups is 2. The van der Waals surface area contributed by atoms with Gasteiger partial charge in [0.2, 0.25) is 0 Å². The van der Waals surface area contributed by atoms with E-state index in [2.05, 4.69) is 14.7 Å². The minimum atomic E-state index is -0.515. The predicted octanol–water partition coefficient (Wildman–Crippen LogP) is 2.35. The topological polar surface area (TPSA) is 84.9 Å². The Morgan fingerprint density at radius 2 is 1.64 bits per heavy atom. The summed E-state index contributed by atoms with van der Waals surface area (Å²) in [6.45, 7) is 11.9. The summed E-state index contributed by atoms with van der Waals surface area (Å²) >= 11 is 0. The predicted molar refractivity (Wildman–Crippen MR) is 94.7 cm³/mol. The molecule has 0 aromatic carbocycles. The number of hydrogen-bond acceptors (Lipinski definition) is 7. The molecule has 1 aromatic rings. The number of esters is 1. The molecule has 1 saturated heterocycles. The fourth-order valence-corrected chi connectivity index (χ4v) is 2.14. The van der Waals surface area contributed by atoms with Crippen molar-refractivity contribution in [3.05, 3.63) is 18.1 Å². The Balaban J connectivity index is 0.00000151. The number of ether oxygens (including phenoxy) is 2. The Kier molecular flexibility index (Phi) is 7.60. The van der Waals surface area contributed by atoms with Crippen LogP contribution >= 0.6 is 0 Å². The molecule has 0 aliphatic carbocycles. The maximum absolute atomic E-state index is 12.0. The number of methoxy groups -OCH3 is 1. The number of amides is 1. The summed E-state index contributed by atoms with van der Waals surface area (Å²) in [5.41, 5.74) is -0.327. The van der Waals surface area contributed by atoms with Crippen LogP contribution in [0, 0.1) is 0 Å². The lowest BCUT2D eigenvalue weighted by Gasteiger charge is -2.36. The van der Waals surface area contributed by atoms with E-state index in [0.29, 0.717) is 32.0 Å². The van der Waals surface area contributed by atoms with Crippen molar-refractivity contribution >= 4 is 17.9 Å². The summed E-state index contributed by atoms with van der Waals surface area (Å²) in [6.07, 6.45) is 2.63. The number of carbonyl (C=O) groups excluding carboxylic acids is 2. The molecule has 0 bridgehead atoms. The fraction of sp³-hybridized carbons (Fsp3) is 0.647. The van der Waals surface area contributed by atoms with Crippen LogP contribution in [-0.2, 0) is 9.47 Å². The quantitative estimate of drug-likeness (QED) is 0.755. The second-order valence-corrected chi connectivity index (χ2v) is 6.21. The molecular formula is C17H28N4O4. The van der Waals surface area contributed by atoms with Crippen LogP contribution in [0.1, 0.15) is 45.1 Å². The van der Waals surface area contributed by atoms with Crippen molar-refractivity contribution < 1.29 is 19.1 Å². The SMILES string of the molecule is CC.COC(=O)c1cnc(N2CCN(C(=O)OC(C)(C)C)CC2)cn1. The maximum atomic E-state index is 12.0. The van der Waals surface area contributed by atoms with Crippen molar-refractivity contribution in [3.8, 4) is 0 Å². The van der Waals surface area contributed by atoms with E-state index in [4.69, 9.17) is 4.74 Å². The third-order valence-electron chi connectivity index (χ3n) is 3.29. The molecule has 1 aliphatic rings. The summed E-state index contributed by atoms with van der Waals surface area (Å²) in [5.74, 6) is 0.153. The smallest absolute Gasteiger partial charge is 0.410 e. The first kappa shape index (κ1) is 20.7. The molecule has 0 saturated carbocycles. The van der Waals surface area contributed by atoms with Crippen molar-refractivity contribution in [2.24, 2.45) is 0 Å². The lowest BCUT2D eigenvalue weighted by Crippen LogP contribution is -2.50. The van der Waals surface area contributed by atoms with Gasteiger partial charge in [-0.2, -0.15) is 0 Å². The lowest BCUT2D eigenvalue weighted by molar-refractivity contribution is 0.0240. The number of piperazine rings is 1. The molecule has 1 amide bonds. The van der Waals surface area contributed by atoms with Crippen LogP contribution in [0.3, 0.4) is 0 Å². The van der Waals surface area contributed by atoms with E-state index in [0.717, 1.165) is 0 Å². The molecule has 1 aromatic heterocycles. The summed E-state index contributed by atoms with van der Waals surface area (Å²) in [4.78, 5) is 35.3. The lowest BCUT2D eigenvalue weighted by atomic mass is 10.2. The molecule has 25 heavy (non-hydrogen) atoms. The van der Waals surface area contributed by atoms with Gasteiger partial charge in [0.25, 0.3) is 0 Å². The van der Waals surface area contributed by atoms with Crippen molar-refractivity contribution in [2.75, 3.05) is 38.2 Å². The zero-order valence-corrected chi connectivity index (χ0v) is 15.9. The molecule has 0 N–H and O–H groups in total. The maximum Gasteiger partial charge on any atom is 0.410 e. The van der Waals surface area contributed by atoms with Crippen molar-refractivity contribution in [2.45, 2.75) is 40.2 Å². The molecule has 2 heterocycles. The summed E-state index contributed by atoms with van der Waals surface area (Å²) in [6, 6.07) is 0. The van der Waals surface area contributed by atoms with Crippen LogP contribution in [-0.4, -0.2) is 65.8 Å². The van der Waals surface area contributed by atoms with Gasteiger partial charge >= 0.3 is 12.1 Å². The molecule has 140 valence electrons. The summed E-state index contributed by atoms with van der Waals surface area (Å²) in [7, 11) is 1.30. The third-order valence-corrected chi connectivity index (χ3v) is 3.29. The van der Waals surface area contributed by atoms with Gasteiger partial charge in [-0.3, -0.25) is 0 Å². The van der Waals surface area contributed by atoms with Gasteiger partial charge in [-0.05, 0) is 20.8 Å². The van der Waals surface area contributed by atoms with E-state index in [1.54, 1.807) is 4.90 Å². The Bertz CT molecular complexity index is 561. The van der Waals surface area contributed by atoms with E-state index in [-0.39, 0.29) is 11.8 Å². The average molecular weight is 352 g/mol. The van der Waals surface area contributed by atoms with Crippen LogP contribution in [0.15, 0.2) is 12.4 Å². The van der Waals surface area contributed by atoms with Gasteiger partial charge < -0.3 is 19.3 Å². The van der Waals surface area contributed by atoms with Crippen LogP contribution in [0.5, 0.6) is 0 Å². The van der Waals surface area contributed by atoms with Crippen LogP contribution in [0.2, 0.25) is 0 Å². The molecule has 2 rings (SSSR count). The second kappa shape index (κ2) is 9.19. The molecule has 0 radical (unpaired) electrons. The Labute approximate surface area is 149 Å². The highest BCUT2D eigenvalue weighted by Gasteiger charge is 2.26. The van der Waals surface area contributed by atoms with Crippen molar-refractivity contribution in [1.82, 2.24) is 14.9 Å². The van der Waals surface area contributed by atoms with E-state index in [1.165, 1.54) is 19.5 Å². The molecule has 8 heteroatoms. The fourth-order valence-electron chi connectivity index (χ4n) is 2.14. The van der Waals surface area contributed by atoms with Crippen molar-refractivity contribution in [1.29, 1.82) is 0 Å². The Morgan fingerprint density at radius 1 is 1.04 bits per heavy atom. The van der Waals surface area contributed by atoms with Gasteiger partial charge in [-0.1, -0.05) is 13.8 Å². The largest absolute Gasteiger partial charge is 0.464 e. The monoisotopic (exact) mass is 352 g/mol. The second-order valence-electron chi connectivity index (χ2n) is 6.21. The number of hydrogen-bond donors (Lipinski definition) is 0. The Morgan fingerprint density at radius 3 is 2.08 bits per heavy atom. The van der Waals surface area contributed by atoms with Crippen LogP contribution in [0.4, 0.5) is 10.6 Å². The van der Waals surface area contributed by atoms with Gasteiger partial charge in [0.15, 0.2) is 5.69 Å². The standard InChI is InChI=1S/C15H22N4O4.C2H6/c1-15(2,3)23-14(21)19-7-5-18(6-8-19)12-10-16-11(9-17-12)13(20)22-4;1-2/h9-10H,5-8H2,1-4H3;1-2H3. The number of anilines is 1. The summed E-state index contributed by atoms with van der Waals surface area (Å²) in [5, 5.41) is 0. The molecule has 0 atom stereocenters. The van der Waals surface area contributed by atoms with Crippen LogP contribution < -0.4 is 4.90 Å². The summed E-state index contributed by atoms with van der Waals surface area (Å²) < 4.78 is 9.95. The van der Waals surface area contributed by atoms with Gasteiger partial charge in [0.05, 0.1) is 19.5 Å². The molecule has 0 spiro atoms. The third kappa shape index (κ3) is 6.21.